The van der Waals surface area contributed by atoms with Gasteiger partial charge in [-0.2, -0.15) is 0 Å². The Morgan fingerprint density at radius 2 is 1.97 bits per heavy atom. The molecule has 0 atom stereocenters. The number of nitrogen functional groups attached to an aromatic ring is 1. The van der Waals surface area contributed by atoms with Crippen molar-refractivity contribution in [1.82, 2.24) is 24.8 Å². The highest BCUT2D eigenvalue weighted by molar-refractivity contribution is 5.81. The Morgan fingerprint density at radius 3 is 2.61 bits per heavy atom. The Morgan fingerprint density at radius 1 is 1.24 bits per heavy atom. The molecule has 1 aromatic carbocycles. The number of benzene rings is 1. The number of amides is 1. The molecule has 9 nitrogen and oxygen atoms in total. The van der Waals surface area contributed by atoms with E-state index in [2.05, 4.69) is 35.2 Å². The van der Waals surface area contributed by atoms with E-state index in [-0.39, 0.29) is 17.7 Å². The van der Waals surface area contributed by atoms with E-state index < -0.39 is 5.60 Å². The summed E-state index contributed by atoms with van der Waals surface area (Å²) in [6, 6.07) is 4.44. The molecule has 3 aromatic rings. The van der Waals surface area contributed by atoms with Crippen molar-refractivity contribution in [2.24, 2.45) is 0 Å². The van der Waals surface area contributed by atoms with Crippen LogP contribution in [-0.4, -0.2) is 50.1 Å². The van der Waals surface area contributed by atoms with Crippen molar-refractivity contribution in [2.75, 3.05) is 19.3 Å². The Labute approximate surface area is 223 Å². The second-order valence-corrected chi connectivity index (χ2v) is 9.92. The highest BCUT2D eigenvalue weighted by Gasteiger charge is 2.23. The van der Waals surface area contributed by atoms with Gasteiger partial charge in [0.05, 0.1) is 11.0 Å². The third kappa shape index (κ3) is 6.99. The number of imidazole rings is 1. The molecule has 1 amide bonds. The minimum absolute atomic E-state index is 0.121. The van der Waals surface area contributed by atoms with Gasteiger partial charge in [0.1, 0.15) is 11.4 Å². The van der Waals surface area contributed by atoms with Crippen LogP contribution >= 0.6 is 0 Å². The van der Waals surface area contributed by atoms with Crippen LogP contribution in [0.5, 0.6) is 0 Å². The van der Waals surface area contributed by atoms with E-state index in [4.69, 9.17) is 15.1 Å². The van der Waals surface area contributed by atoms with E-state index in [1.54, 1.807) is 18.0 Å². The molecule has 0 bridgehead atoms. The van der Waals surface area contributed by atoms with Crippen molar-refractivity contribution in [3.8, 4) is 11.5 Å². The van der Waals surface area contributed by atoms with Crippen LogP contribution in [0.25, 0.3) is 22.6 Å². The Kier molecular flexibility index (Phi) is 9.66. The summed E-state index contributed by atoms with van der Waals surface area (Å²) in [6.45, 7) is 11.1. The molecule has 0 saturated carbocycles. The van der Waals surface area contributed by atoms with Gasteiger partial charge in [0.2, 0.25) is 0 Å². The third-order valence-corrected chi connectivity index (χ3v) is 6.82. The molecular weight excluding hydrogens is 487 g/mol. The summed E-state index contributed by atoms with van der Waals surface area (Å²) in [7, 11) is 1.77. The summed E-state index contributed by atoms with van der Waals surface area (Å²) in [5.74, 6) is 0.224. The fourth-order valence-corrected chi connectivity index (χ4v) is 4.18. The molecule has 38 heavy (non-hydrogen) atoms. The van der Waals surface area contributed by atoms with Crippen LogP contribution in [0.1, 0.15) is 66.7 Å². The summed E-state index contributed by atoms with van der Waals surface area (Å²) >= 11 is 0. The number of halogens is 1. The lowest BCUT2D eigenvalue weighted by molar-refractivity contribution is 0.0156. The molecule has 3 rings (SSSR count). The molecule has 0 radical (unpaired) electrons. The Balaban J connectivity index is 1.78. The number of carbonyl (C=O) groups is 1. The topological polar surface area (TPSA) is 112 Å². The van der Waals surface area contributed by atoms with Gasteiger partial charge in [-0.1, -0.05) is 38.5 Å². The van der Waals surface area contributed by atoms with Crippen molar-refractivity contribution >= 4 is 22.9 Å². The van der Waals surface area contributed by atoms with Crippen LogP contribution in [0.3, 0.4) is 0 Å². The highest BCUT2D eigenvalue weighted by Crippen LogP contribution is 2.28. The van der Waals surface area contributed by atoms with Crippen LogP contribution in [0.15, 0.2) is 46.1 Å². The van der Waals surface area contributed by atoms with Gasteiger partial charge in [0.15, 0.2) is 17.3 Å². The van der Waals surface area contributed by atoms with Crippen molar-refractivity contribution in [3.63, 3.8) is 0 Å². The molecule has 0 aliphatic rings. The molecule has 10 heteroatoms. The van der Waals surface area contributed by atoms with Gasteiger partial charge in [0.25, 0.3) is 0 Å². The zero-order valence-electron chi connectivity index (χ0n) is 23.3. The van der Waals surface area contributed by atoms with Crippen LogP contribution in [0.4, 0.5) is 15.0 Å². The molecule has 2 heterocycles. The number of nitrogens with two attached hydrogens (primary N) is 1. The highest BCUT2D eigenvalue weighted by atomic mass is 19.1. The predicted octanol–water partition coefficient (Wildman–Crippen LogP) is 6.52. The van der Waals surface area contributed by atoms with Crippen molar-refractivity contribution in [3.05, 3.63) is 47.3 Å². The van der Waals surface area contributed by atoms with Gasteiger partial charge < -0.3 is 19.9 Å². The molecule has 0 unspecified atom stereocenters. The normalized spacial score (nSPS) is 11.9. The Bertz CT molecular complexity index is 1300. The Hall–Kier alpha value is -3.69. The molecule has 2 aromatic heterocycles. The first-order valence-electron chi connectivity index (χ1n) is 13.2. The minimum atomic E-state index is -0.483. The van der Waals surface area contributed by atoms with E-state index in [0.717, 1.165) is 32.1 Å². The molecule has 206 valence electrons. The second-order valence-electron chi connectivity index (χ2n) is 9.92. The monoisotopic (exact) mass is 526 g/mol. The first-order valence-corrected chi connectivity index (χ1v) is 13.2. The molecule has 0 spiro atoms. The zero-order valence-corrected chi connectivity index (χ0v) is 23.3. The van der Waals surface area contributed by atoms with Gasteiger partial charge in [-0.3, -0.25) is 0 Å². The average Bonchev–Trinajstić information content (AvgIpc) is 3.46. The number of allylic oxidation sites excluding steroid dienone is 4. The lowest BCUT2D eigenvalue weighted by Gasteiger charge is -2.27. The van der Waals surface area contributed by atoms with Crippen LogP contribution in [-0.2, 0) is 11.3 Å². The summed E-state index contributed by atoms with van der Waals surface area (Å²) in [5.41, 5.74) is 9.59. The van der Waals surface area contributed by atoms with Gasteiger partial charge in [-0.15, -0.1) is 0 Å². The molecule has 0 aliphatic heterocycles. The van der Waals surface area contributed by atoms with Crippen LogP contribution < -0.4 is 5.73 Å². The number of fused-ring (bicyclic) bond motifs is 1. The zero-order chi connectivity index (χ0) is 27.9. The summed E-state index contributed by atoms with van der Waals surface area (Å²) in [6.07, 6.45) is 8.07. The summed E-state index contributed by atoms with van der Waals surface area (Å²) < 4.78 is 26.3. The van der Waals surface area contributed by atoms with E-state index in [0.29, 0.717) is 35.6 Å². The maximum absolute atomic E-state index is 14.1. The van der Waals surface area contributed by atoms with Gasteiger partial charge in [-0.25, -0.2) is 18.8 Å². The van der Waals surface area contributed by atoms with E-state index in [1.165, 1.54) is 23.3 Å². The van der Waals surface area contributed by atoms with Gasteiger partial charge >= 0.3 is 6.09 Å². The fourth-order valence-electron chi connectivity index (χ4n) is 4.18. The maximum Gasteiger partial charge on any atom is 0.410 e. The number of aromatic nitrogens is 4. The molecule has 0 fully saturated rings. The first kappa shape index (κ1) is 28.9. The van der Waals surface area contributed by atoms with Crippen molar-refractivity contribution in [1.29, 1.82) is 0 Å². The summed E-state index contributed by atoms with van der Waals surface area (Å²) in [4.78, 5) is 18.7. The molecular formula is C28H39FN6O3. The number of carbonyl (C=O) groups excluding carboxylic acids is 1. The third-order valence-electron chi connectivity index (χ3n) is 6.82. The number of hydrogen-bond acceptors (Lipinski definition) is 7. The van der Waals surface area contributed by atoms with Gasteiger partial charge in [0, 0.05) is 20.1 Å². The fraction of sp³-hybridized carbons (Fsp3) is 0.500. The minimum Gasteiger partial charge on any atom is -0.443 e. The molecule has 0 aliphatic carbocycles. The maximum atomic E-state index is 14.1. The van der Waals surface area contributed by atoms with Crippen LogP contribution in [0.2, 0.25) is 0 Å². The average molecular weight is 527 g/mol. The predicted molar refractivity (Wildman–Crippen MR) is 147 cm³/mol. The lowest BCUT2D eigenvalue weighted by Crippen LogP contribution is -2.36. The SMILES string of the molecule is CCC(CC)=C(/C=C\Cn1c(-c2nonc2N)nc2ccc(F)cc21)CCCN(C)C(=O)OC(C)(C)CC. The van der Waals surface area contributed by atoms with Crippen molar-refractivity contribution < 1.29 is 18.6 Å². The summed E-state index contributed by atoms with van der Waals surface area (Å²) in [5, 5.41) is 7.56. The van der Waals surface area contributed by atoms with E-state index >= 15 is 0 Å². The number of nitrogens with zero attached hydrogens (tertiary/aromatic N) is 5. The first-order chi connectivity index (χ1) is 18.1. The number of rotatable bonds is 12. The van der Waals surface area contributed by atoms with Crippen molar-refractivity contribution in [2.45, 2.75) is 78.9 Å². The standard InChI is InChI=1S/C28H39FN6O3/c1-7-19(8-2)20(12-10-16-34(6)27(36)37-28(4,5)9-3)13-11-17-35-23-18-21(29)14-15-22(23)31-26(35)24-25(30)33-38-32-24/h11,13-15,18H,7-10,12,16-17H2,1-6H3,(H2,30,33)/b13-11-. The van der Waals surface area contributed by atoms with E-state index in [9.17, 15) is 9.18 Å². The molecule has 0 saturated heterocycles. The largest absolute Gasteiger partial charge is 0.443 e. The van der Waals surface area contributed by atoms with Gasteiger partial charge in [-0.05, 0) is 80.0 Å². The molecule has 2 N–H and O–H groups in total. The smallest absolute Gasteiger partial charge is 0.410 e. The lowest BCUT2D eigenvalue weighted by atomic mass is 9.98. The number of ether oxygens (including phenoxy) is 1. The number of hydrogen-bond donors (Lipinski definition) is 1. The van der Waals surface area contributed by atoms with E-state index in [1.807, 2.05) is 31.4 Å². The number of anilines is 1. The van der Waals surface area contributed by atoms with Crippen LogP contribution in [0, 0.1) is 5.82 Å². The second kappa shape index (κ2) is 12.7. The quantitative estimate of drug-likeness (QED) is 0.267.